The molecule has 3 aromatic rings. The van der Waals surface area contributed by atoms with Gasteiger partial charge in [0.15, 0.2) is 0 Å². The Labute approximate surface area is 137 Å². The third-order valence-corrected chi connectivity index (χ3v) is 4.74. The highest BCUT2D eigenvalue weighted by atomic mass is 16.5. The van der Waals surface area contributed by atoms with Crippen LogP contribution in [0.3, 0.4) is 0 Å². The van der Waals surface area contributed by atoms with Crippen LogP contribution in [-0.2, 0) is 10.3 Å². The van der Waals surface area contributed by atoms with E-state index in [1.54, 1.807) is 0 Å². The molecule has 0 aliphatic carbocycles. The van der Waals surface area contributed by atoms with E-state index >= 15 is 0 Å². The van der Waals surface area contributed by atoms with Crippen LogP contribution < -0.4 is 5.32 Å². The molecule has 1 unspecified atom stereocenters. The molecule has 1 fully saturated rings. The van der Waals surface area contributed by atoms with Crippen molar-refractivity contribution in [1.82, 2.24) is 5.32 Å². The van der Waals surface area contributed by atoms with Crippen LogP contribution in [0.4, 0.5) is 0 Å². The monoisotopic (exact) mass is 303 g/mol. The Bertz CT molecular complexity index is 817. The standard InChI is InChI=1S/C21H21NO/c1-21(15-22-12-13-23-21)20-10-8-17(9-11-20)19-7-6-16-4-2-3-5-18(16)14-19/h2-11,14,22H,12-13,15H2,1H3. The lowest BCUT2D eigenvalue weighted by molar-refractivity contribution is -0.0572. The van der Waals surface area contributed by atoms with Crippen molar-refractivity contribution in [3.63, 3.8) is 0 Å². The van der Waals surface area contributed by atoms with Crippen molar-refractivity contribution in [3.05, 3.63) is 72.3 Å². The number of fused-ring (bicyclic) bond motifs is 1. The topological polar surface area (TPSA) is 21.3 Å². The maximum atomic E-state index is 5.99. The Morgan fingerprint density at radius 2 is 1.61 bits per heavy atom. The van der Waals surface area contributed by atoms with Crippen LogP contribution in [0.25, 0.3) is 21.9 Å². The first kappa shape index (κ1) is 14.4. The summed E-state index contributed by atoms with van der Waals surface area (Å²) in [6.45, 7) is 4.72. The molecule has 3 aromatic carbocycles. The van der Waals surface area contributed by atoms with Crippen molar-refractivity contribution in [2.24, 2.45) is 0 Å². The first-order valence-corrected chi connectivity index (χ1v) is 8.19. The summed E-state index contributed by atoms with van der Waals surface area (Å²) in [6.07, 6.45) is 0. The van der Waals surface area contributed by atoms with Crippen molar-refractivity contribution < 1.29 is 4.74 Å². The van der Waals surface area contributed by atoms with E-state index in [2.05, 4.69) is 79.0 Å². The average Bonchev–Trinajstić information content (AvgIpc) is 2.62. The molecule has 4 rings (SSSR count). The largest absolute Gasteiger partial charge is 0.368 e. The maximum Gasteiger partial charge on any atom is 0.103 e. The number of hydrogen-bond donors (Lipinski definition) is 1. The Morgan fingerprint density at radius 3 is 2.35 bits per heavy atom. The minimum absolute atomic E-state index is 0.222. The normalized spacial score (nSPS) is 21.4. The third kappa shape index (κ3) is 2.76. The molecule has 1 aliphatic rings. The van der Waals surface area contributed by atoms with Gasteiger partial charge in [-0.25, -0.2) is 0 Å². The van der Waals surface area contributed by atoms with Gasteiger partial charge in [0.05, 0.1) is 6.61 Å². The SMILES string of the molecule is CC1(c2ccc(-c3ccc4ccccc4c3)cc2)CNCCO1. The van der Waals surface area contributed by atoms with E-state index in [-0.39, 0.29) is 5.60 Å². The first-order chi connectivity index (χ1) is 11.2. The molecule has 1 N–H and O–H groups in total. The van der Waals surface area contributed by atoms with Gasteiger partial charge >= 0.3 is 0 Å². The highest BCUT2D eigenvalue weighted by Crippen LogP contribution is 2.30. The summed E-state index contributed by atoms with van der Waals surface area (Å²) in [5, 5.41) is 5.97. The second-order valence-electron chi connectivity index (χ2n) is 6.40. The van der Waals surface area contributed by atoms with Crippen LogP contribution in [0.15, 0.2) is 66.7 Å². The molecule has 0 radical (unpaired) electrons. The van der Waals surface area contributed by atoms with Crippen molar-refractivity contribution in [1.29, 1.82) is 0 Å². The molecule has 2 heteroatoms. The van der Waals surface area contributed by atoms with Gasteiger partial charge in [-0.2, -0.15) is 0 Å². The van der Waals surface area contributed by atoms with Gasteiger partial charge in [-0.3, -0.25) is 0 Å². The number of ether oxygens (including phenoxy) is 1. The van der Waals surface area contributed by atoms with Gasteiger partial charge in [0, 0.05) is 13.1 Å². The molecule has 0 amide bonds. The summed E-state index contributed by atoms with van der Waals surface area (Å²) in [6, 6.07) is 23.9. The summed E-state index contributed by atoms with van der Waals surface area (Å²) < 4.78 is 5.99. The van der Waals surface area contributed by atoms with Gasteiger partial charge in [0.2, 0.25) is 0 Å². The van der Waals surface area contributed by atoms with Crippen LogP contribution in [0.2, 0.25) is 0 Å². The minimum atomic E-state index is -0.222. The van der Waals surface area contributed by atoms with E-state index in [1.807, 2.05) is 0 Å². The Morgan fingerprint density at radius 1 is 0.870 bits per heavy atom. The van der Waals surface area contributed by atoms with Gasteiger partial charge in [-0.15, -0.1) is 0 Å². The first-order valence-electron chi connectivity index (χ1n) is 8.19. The van der Waals surface area contributed by atoms with Crippen LogP contribution in [0.5, 0.6) is 0 Å². The molecule has 2 nitrogen and oxygen atoms in total. The molecule has 23 heavy (non-hydrogen) atoms. The van der Waals surface area contributed by atoms with Crippen LogP contribution in [0.1, 0.15) is 12.5 Å². The molecule has 1 aliphatic heterocycles. The molecule has 1 saturated heterocycles. The fourth-order valence-corrected chi connectivity index (χ4v) is 3.30. The summed E-state index contributed by atoms with van der Waals surface area (Å²) >= 11 is 0. The summed E-state index contributed by atoms with van der Waals surface area (Å²) in [4.78, 5) is 0. The molecule has 0 saturated carbocycles. The minimum Gasteiger partial charge on any atom is -0.368 e. The van der Waals surface area contributed by atoms with Gasteiger partial charge in [-0.1, -0.05) is 60.7 Å². The molecule has 1 heterocycles. The highest BCUT2D eigenvalue weighted by molar-refractivity contribution is 5.87. The molecule has 1 atom stereocenters. The van der Waals surface area contributed by atoms with Gasteiger partial charge < -0.3 is 10.1 Å². The van der Waals surface area contributed by atoms with E-state index in [9.17, 15) is 0 Å². The Balaban J connectivity index is 1.66. The summed E-state index contributed by atoms with van der Waals surface area (Å²) in [7, 11) is 0. The Hall–Kier alpha value is -2.16. The fourth-order valence-electron chi connectivity index (χ4n) is 3.30. The predicted molar refractivity (Wildman–Crippen MR) is 95.6 cm³/mol. The Kier molecular flexibility index (Phi) is 3.64. The zero-order chi connectivity index (χ0) is 15.7. The number of benzene rings is 3. The van der Waals surface area contributed by atoms with Crippen molar-refractivity contribution in [3.8, 4) is 11.1 Å². The number of rotatable bonds is 2. The molecule has 116 valence electrons. The van der Waals surface area contributed by atoms with Crippen molar-refractivity contribution in [2.45, 2.75) is 12.5 Å². The van der Waals surface area contributed by atoms with E-state index in [0.717, 1.165) is 19.7 Å². The van der Waals surface area contributed by atoms with Crippen molar-refractivity contribution in [2.75, 3.05) is 19.7 Å². The highest BCUT2D eigenvalue weighted by Gasteiger charge is 2.29. The number of hydrogen-bond acceptors (Lipinski definition) is 2. The average molecular weight is 303 g/mol. The second-order valence-corrected chi connectivity index (χ2v) is 6.40. The van der Waals surface area contributed by atoms with E-state index < -0.39 is 0 Å². The lowest BCUT2D eigenvalue weighted by Crippen LogP contribution is -2.45. The summed E-state index contributed by atoms with van der Waals surface area (Å²) in [5.74, 6) is 0. The zero-order valence-electron chi connectivity index (χ0n) is 13.4. The van der Waals surface area contributed by atoms with E-state index in [1.165, 1.54) is 27.5 Å². The molecule has 0 aromatic heterocycles. The predicted octanol–water partition coefficient (Wildman–Crippen LogP) is 4.34. The van der Waals surface area contributed by atoms with Crippen molar-refractivity contribution >= 4 is 10.8 Å². The quantitative estimate of drug-likeness (QED) is 0.760. The summed E-state index contributed by atoms with van der Waals surface area (Å²) in [5.41, 5.74) is 3.50. The molecule has 0 spiro atoms. The van der Waals surface area contributed by atoms with Gasteiger partial charge in [-0.05, 0) is 40.5 Å². The van der Waals surface area contributed by atoms with Crippen LogP contribution >= 0.6 is 0 Å². The van der Waals surface area contributed by atoms with E-state index in [4.69, 9.17) is 4.74 Å². The second kappa shape index (κ2) is 5.80. The van der Waals surface area contributed by atoms with Crippen LogP contribution in [-0.4, -0.2) is 19.7 Å². The van der Waals surface area contributed by atoms with Gasteiger partial charge in [0.1, 0.15) is 5.60 Å². The molecule has 0 bridgehead atoms. The number of morpholine rings is 1. The van der Waals surface area contributed by atoms with E-state index in [0.29, 0.717) is 0 Å². The lowest BCUT2D eigenvalue weighted by Gasteiger charge is -2.35. The number of nitrogens with one attached hydrogen (secondary N) is 1. The van der Waals surface area contributed by atoms with Crippen LogP contribution in [0, 0.1) is 0 Å². The molecular weight excluding hydrogens is 282 g/mol. The maximum absolute atomic E-state index is 5.99. The molecular formula is C21H21NO. The third-order valence-electron chi connectivity index (χ3n) is 4.74. The zero-order valence-corrected chi connectivity index (χ0v) is 13.4. The fraction of sp³-hybridized carbons (Fsp3) is 0.238. The lowest BCUT2D eigenvalue weighted by atomic mass is 9.92. The smallest absolute Gasteiger partial charge is 0.103 e. The van der Waals surface area contributed by atoms with Gasteiger partial charge in [0.25, 0.3) is 0 Å².